The predicted octanol–water partition coefficient (Wildman–Crippen LogP) is 2.22. The number of amides is 3. The maximum absolute atomic E-state index is 13.1. The first kappa shape index (κ1) is 23.7. The Hall–Kier alpha value is -2.41. The smallest absolute Gasteiger partial charge is 0.239 e. The van der Waals surface area contributed by atoms with Gasteiger partial charge in [0.2, 0.25) is 17.7 Å². The quantitative estimate of drug-likeness (QED) is 0.741. The zero-order valence-electron chi connectivity index (χ0n) is 20.5. The minimum atomic E-state index is -0.717. The number of likely N-dealkylation sites (tertiary alicyclic amines) is 1. The third kappa shape index (κ3) is 4.52. The van der Waals surface area contributed by atoms with Crippen molar-refractivity contribution in [2.75, 3.05) is 46.8 Å². The van der Waals surface area contributed by atoms with Gasteiger partial charge >= 0.3 is 0 Å². The fraction of sp³-hybridized carbons (Fsp3) is 0.654. The number of carbonyl (C=O) groups excluding carboxylic acids is 3. The van der Waals surface area contributed by atoms with E-state index >= 15 is 0 Å². The molecular formula is C26H38N4O3. The summed E-state index contributed by atoms with van der Waals surface area (Å²) in [5.74, 6) is -0.0126. The molecule has 180 valence electrons. The van der Waals surface area contributed by atoms with Crippen molar-refractivity contribution in [3.05, 3.63) is 35.9 Å². The van der Waals surface area contributed by atoms with E-state index in [1.165, 1.54) is 5.56 Å². The molecule has 1 aromatic carbocycles. The number of piperazine rings is 1. The van der Waals surface area contributed by atoms with Crippen molar-refractivity contribution in [3.63, 3.8) is 0 Å². The first-order valence-corrected chi connectivity index (χ1v) is 12.1. The van der Waals surface area contributed by atoms with Crippen LogP contribution in [0.4, 0.5) is 0 Å². The number of nitrogens with one attached hydrogen (secondary N) is 1. The molecule has 3 amide bonds. The van der Waals surface area contributed by atoms with E-state index in [1.54, 1.807) is 4.90 Å². The molecule has 3 aliphatic rings. The first-order chi connectivity index (χ1) is 15.6. The van der Waals surface area contributed by atoms with Crippen molar-refractivity contribution >= 4 is 17.7 Å². The number of benzene rings is 1. The molecule has 0 atom stereocenters. The number of rotatable bonds is 5. The molecule has 7 nitrogen and oxygen atoms in total. The highest BCUT2D eigenvalue weighted by Gasteiger charge is 2.51. The van der Waals surface area contributed by atoms with Gasteiger partial charge in [0.1, 0.15) is 0 Å². The minimum absolute atomic E-state index is 0.00445. The summed E-state index contributed by atoms with van der Waals surface area (Å²) in [5, 5.41) is 2.76. The minimum Gasteiger partial charge on any atom is -0.353 e. The van der Waals surface area contributed by atoms with E-state index in [-0.39, 0.29) is 35.2 Å². The van der Waals surface area contributed by atoms with E-state index in [9.17, 15) is 14.4 Å². The van der Waals surface area contributed by atoms with Gasteiger partial charge in [-0.1, -0.05) is 30.3 Å². The molecule has 1 aliphatic carbocycles. The molecule has 1 N–H and O–H groups in total. The second-order valence-corrected chi connectivity index (χ2v) is 11.2. The lowest BCUT2D eigenvalue weighted by molar-refractivity contribution is -0.147. The van der Waals surface area contributed by atoms with E-state index in [0.29, 0.717) is 26.1 Å². The van der Waals surface area contributed by atoms with Gasteiger partial charge in [-0.15, -0.1) is 0 Å². The standard InChI is InChI=1S/C26H38N4O3/c1-24(2,23(33)29-15-14-27-21(31)17-29)18-30-19-25(16-22(30)32)10-12-26(13-11-25,28(3)4)20-8-6-5-7-9-20/h5-9H,10-19H2,1-4H3,(H,27,31)/t25-,26-. The maximum Gasteiger partial charge on any atom is 0.239 e. The summed E-state index contributed by atoms with van der Waals surface area (Å²) in [5.41, 5.74) is 0.635. The SMILES string of the molecule is CN(C)[C@]1(c2ccccc2)CC[C@@]2(CC1)CC(=O)N(CC(C)(C)C(=O)N1CCNC(=O)C1)C2. The maximum atomic E-state index is 13.1. The van der Waals surface area contributed by atoms with Gasteiger partial charge in [-0.2, -0.15) is 0 Å². The Morgan fingerprint density at radius 1 is 1.09 bits per heavy atom. The van der Waals surface area contributed by atoms with Crippen LogP contribution in [-0.2, 0) is 19.9 Å². The summed E-state index contributed by atoms with van der Waals surface area (Å²) >= 11 is 0. The molecule has 0 bridgehead atoms. The number of nitrogens with zero attached hydrogens (tertiary/aromatic N) is 3. The summed E-state index contributed by atoms with van der Waals surface area (Å²) in [6, 6.07) is 10.7. The Kier molecular flexibility index (Phi) is 6.29. The van der Waals surface area contributed by atoms with Crippen LogP contribution in [-0.4, -0.2) is 79.2 Å². The van der Waals surface area contributed by atoms with E-state index in [2.05, 4.69) is 54.6 Å². The zero-order chi connectivity index (χ0) is 23.9. The summed E-state index contributed by atoms with van der Waals surface area (Å²) in [6.07, 6.45) is 4.63. The molecule has 2 saturated heterocycles. The number of hydrogen-bond acceptors (Lipinski definition) is 4. The fourth-order valence-electron chi connectivity index (χ4n) is 6.18. The van der Waals surface area contributed by atoms with Crippen molar-refractivity contribution in [2.24, 2.45) is 10.8 Å². The van der Waals surface area contributed by atoms with Gasteiger partial charge in [0, 0.05) is 38.1 Å². The normalized spacial score (nSPS) is 28.5. The third-order valence-corrected chi connectivity index (χ3v) is 8.20. The number of carbonyl (C=O) groups is 3. The lowest BCUT2D eigenvalue weighted by Gasteiger charge is -2.49. The van der Waals surface area contributed by atoms with E-state index in [0.717, 1.165) is 32.2 Å². The largest absolute Gasteiger partial charge is 0.353 e. The van der Waals surface area contributed by atoms with E-state index in [4.69, 9.17) is 0 Å². The van der Waals surface area contributed by atoms with Gasteiger partial charge < -0.3 is 15.1 Å². The third-order valence-electron chi connectivity index (χ3n) is 8.20. The highest BCUT2D eigenvalue weighted by Crippen LogP contribution is 2.52. The van der Waals surface area contributed by atoms with E-state index in [1.807, 2.05) is 18.7 Å². The van der Waals surface area contributed by atoms with Gasteiger partial charge in [-0.05, 0) is 64.6 Å². The number of hydrogen-bond donors (Lipinski definition) is 1. The van der Waals surface area contributed by atoms with Crippen LogP contribution in [0.5, 0.6) is 0 Å². The fourth-order valence-corrected chi connectivity index (χ4v) is 6.18. The van der Waals surface area contributed by atoms with Crippen LogP contribution < -0.4 is 5.32 Å². The topological polar surface area (TPSA) is 73.0 Å². The molecule has 1 spiro atoms. The van der Waals surface area contributed by atoms with Crippen LogP contribution >= 0.6 is 0 Å². The molecule has 3 fully saturated rings. The van der Waals surface area contributed by atoms with Crippen molar-refractivity contribution in [1.29, 1.82) is 0 Å². The molecule has 1 aromatic rings. The molecule has 0 unspecified atom stereocenters. The Bertz CT molecular complexity index is 903. The molecular weight excluding hydrogens is 416 g/mol. The molecule has 4 rings (SSSR count). The molecule has 2 aliphatic heterocycles. The molecule has 1 saturated carbocycles. The van der Waals surface area contributed by atoms with Crippen LogP contribution in [0.2, 0.25) is 0 Å². The van der Waals surface area contributed by atoms with Crippen molar-refractivity contribution < 1.29 is 14.4 Å². The van der Waals surface area contributed by atoms with Crippen molar-refractivity contribution in [2.45, 2.75) is 51.5 Å². The average molecular weight is 455 g/mol. The van der Waals surface area contributed by atoms with Crippen LogP contribution in [0.15, 0.2) is 30.3 Å². The van der Waals surface area contributed by atoms with Gasteiger partial charge in [0.05, 0.1) is 12.0 Å². The van der Waals surface area contributed by atoms with Gasteiger partial charge in [-0.3, -0.25) is 19.3 Å². The van der Waals surface area contributed by atoms with Crippen LogP contribution in [0.1, 0.15) is 51.5 Å². The predicted molar refractivity (Wildman–Crippen MR) is 127 cm³/mol. The highest BCUT2D eigenvalue weighted by molar-refractivity contribution is 5.89. The van der Waals surface area contributed by atoms with Crippen LogP contribution in [0, 0.1) is 10.8 Å². The Morgan fingerprint density at radius 2 is 1.76 bits per heavy atom. The summed E-state index contributed by atoms with van der Waals surface area (Å²) < 4.78 is 0. The molecule has 0 aromatic heterocycles. The zero-order valence-corrected chi connectivity index (χ0v) is 20.5. The lowest BCUT2D eigenvalue weighted by Crippen LogP contribution is -2.55. The highest BCUT2D eigenvalue weighted by atomic mass is 16.2. The Balaban J connectivity index is 1.43. The second-order valence-electron chi connectivity index (χ2n) is 11.2. The Labute approximate surface area is 197 Å². The van der Waals surface area contributed by atoms with E-state index < -0.39 is 5.41 Å². The molecule has 0 radical (unpaired) electrons. The average Bonchev–Trinajstić information content (AvgIpc) is 3.08. The van der Waals surface area contributed by atoms with Crippen LogP contribution in [0.25, 0.3) is 0 Å². The summed E-state index contributed by atoms with van der Waals surface area (Å²) in [6.45, 7) is 6.04. The van der Waals surface area contributed by atoms with Gasteiger partial charge in [0.25, 0.3) is 0 Å². The van der Waals surface area contributed by atoms with Gasteiger partial charge in [0.15, 0.2) is 0 Å². The van der Waals surface area contributed by atoms with Crippen molar-refractivity contribution in [1.82, 2.24) is 20.0 Å². The van der Waals surface area contributed by atoms with Crippen LogP contribution in [0.3, 0.4) is 0 Å². The lowest BCUT2D eigenvalue weighted by atomic mass is 9.64. The van der Waals surface area contributed by atoms with Crippen molar-refractivity contribution in [3.8, 4) is 0 Å². The molecule has 33 heavy (non-hydrogen) atoms. The first-order valence-electron chi connectivity index (χ1n) is 12.1. The summed E-state index contributed by atoms with van der Waals surface area (Å²) in [4.78, 5) is 43.8. The Morgan fingerprint density at radius 3 is 2.36 bits per heavy atom. The molecule has 2 heterocycles. The summed E-state index contributed by atoms with van der Waals surface area (Å²) in [7, 11) is 4.32. The van der Waals surface area contributed by atoms with Gasteiger partial charge in [-0.25, -0.2) is 0 Å². The monoisotopic (exact) mass is 454 g/mol. The molecule has 7 heteroatoms. The second kappa shape index (κ2) is 8.75.